The lowest BCUT2D eigenvalue weighted by Gasteiger charge is -2.12. The molecule has 0 atom stereocenters. The van der Waals surface area contributed by atoms with E-state index in [-0.39, 0.29) is 0 Å². The summed E-state index contributed by atoms with van der Waals surface area (Å²) >= 11 is 1.77. The first-order chi connectivity index (χ1) is 7.67. The zero-order chi connectivity index (χ0) is 12.0. The van der Waals surface area contributed by atoms with Crippen LogP contribution in [0.15, 0.2) is 5.38 Å². The normalized spacial score (nSPS) is 11.6. The summed E-state index contributed by atoms with van der Waals surface area (Å²) in [6.07, 6.45) is 2.53. The van der Waals surface area contributed by atoms with Gasteiger partial charge in [0.15, 0.2) is 0 Å². The van der Waals surface area contributed by atoms with Crippen molar-refractivity contribution < 1.29 is 0 Å². The van der Waals surface area contributed by atoms with Gasteiger partial charge in [0.05, 0.1) is 5.69 Å². The van der Waals surface area contributed by atoms with Crippen molar-refractivity contribution in [1.82, 2.24) is 10.3 Å². The van der Waals surface area contributed by atoms with Crippen molar-refractivity contribution in [2.24, 2.45) is 5.92 Å². The lowest BCUT2D eigenvalue weighted by atomic mass is 10.0. The van der Waals surface area contributed by atoms with Gasteiger partial charge in [-0.15, -0.1) is 11.3 Å². The fourth-order valence-corrected chi connectivity index (χ4v) is 2.56. The molecule has 0 spiro atoms. The Bertz CT molecular complexity index is 290. The van der Waals surface area contributed by atoms with Gasteiger partial charge in [-0.05, 0) is 18.4 Å². The molecule has 3 heteroatoms. The second-order valence-electron chi connectivity index (χ2n) is 4.63. The molecule has 0 saturated carbocycles. The van der Waals surface area contributed by atoms with Gasteiger partial charge < -0.3 is 5.32 Å². The van der Waals surface area contributed by atoms with Gasteiger partial charge in [0.2, 0.25) is 0 Å². The summed E-state index contributed by atoms with van der Waals surface area (Å²) in [6.45, 7) is 10.9. The van der Waals surface area contributed by atoms with Crippen molar-refractivity contribution in [2.75, 3.05) is 6.54 Å². The standard InChI is InChI=1S/C13H24N2S/c1-5-11(6-2)7-14-8-13-15-12(9-16-13)10(3)4/h9-11,14H,5-8H2,1-4H3. The second-order valence-corrected chi connectivity index (χ2v) is 5.58. The summed E-state index contributed by atoms with van der Waals surface area (Å²) in [5.74, 6) is 1.36. The Balaban J connectivity index is 2.31. The van der Waals surface area contributed by atoms with E-state index in [0.717, 1.165) is 19.0 Å². The van der Waals surface area contributed by atoms with Crippen LogP contribution in [0.4, 0.5) is 0 Å². The van der Waals surface area contributed by atoms with Gasteiger partial charge in [-0.25, -0.2) is 4.98 Å². The van der Waals surface area contributed by atoms with Crippen molar-refractivity contribution in [3.63, 3.8) is 0 Å². The lowest BCUT2D eigenvalue weighted by molar-refractivity contribution is 0.449. The highest BCUT2D eigenvalue weighted by atomic mass is 32.1. The predicted molar refractivity (Wildman–Crippen MR) is 72.0 cm³/mol. The largest absolute Gasteiger partial charge is 0.310 e. The first-order valence-corrected chi connectivity index (χ1v) is 7.20. The predicted octanol–water partition coefficient (Wildman–Crippen LogP) is 3.79. The smallest absolute Gasteiger partial charge is 0.107 e. The summed E-state index contributed by atoms with van der Waals surface area (Å²) in [7, 11) is 0. The van der Waals surface area contributed by atoms with E-state index in [1.165, 1.54) is 23.5 Å². The van der Waals surface area contributed by atoms with Crippen molar-refractivity contribution >= 4 is 11.3 Å². The number of aromatic nitrogens is 1. The van der Waals surface area contributed by atoms with Crippen molar-refractivity contribution in [3.8, 4) is 0 Å². The van der Waals surface area contributed by atoms with Crippen molar-refractivity contribution in [3.05, 3.63) is 16.1 Å². The average molecular weight is 240 g/mol. The second kappa shape index (κ2) is 7.02. The van der Waals surface area contributed by atoms with E-state index in [1.54, 1.807) is 11.3 Å². The summed E-state index contributed by atoms with van der Waals surface area (Å²) in [5, 5.41) is 6.90. The zero-order valence-corrected chi connectivity index (χ0v) is 11.7. The van der Waals surface area contributed by atoms with Gasteiger partial charge in [0.25, 0.3) is 0 Å². The third-order valence-electron chi connectivity index (χ3n) is 3.02. The van der Waals surface area contributed by atoms with Crippen molar-refractivity contribution in [1.29, 1.82) is 0 Å². The topological polar surface area (TPSA) is 24.9 Å². The average Bonchev–Trinajstić information content (AvgIpc) is 2.73. The van der Waals surface area contributed by atoms with Crippen molar-refractivity contribution in [2.45, 2.75) is 53.0 Å². The monoisotopic (exact) mass is 240 g/mol. The van der Waals surface area contributed by atoms with E-state index >= 15 is 0 Å². The molecule has 0 aliphatic rings. The van der Waals surface area contributed by atoms with Gasteiger partial charge in [-0.1, -0.05) is 40.5 Å². The Kier molecular flexibility index (Phi) is 5.99. The van der Waals surface area contributed by atoms with Crippen LogP contribution in [0, 0.1) is 5.92 Å². The van der Waals surface area contributed by atoms with Gasteiger partial charge in [0, 0.05) is 11.9 Å². The van der Waals surface area contributed by atoms with Crippen LogP contribution in [0.2, 0.25) is 0 Å². The number of hydrogen-bond donors (Lipinski definition) is 1. The fraction of sp³-hybridized carbons (Fsp3) is 0.769. The quantitative estimate of drug-likeness (QED) is 0.784. The van der Waals surface area contributed by atoms with Crippen LogP contribution in [0.25, 0.3) is 0 Å². The maximum Gasteiger partial charge on any atom is 0.107 e. The van der Waals surface area contributed by atoms with Crippen LogP contribution in [-0.2, 0) is 6.54 Å². The fourth-order valence-electron chi connectivity index (χ4n) is 1.63. The third-order valence-corrected chi connectivity index (χ3v) is 3.89. The lowest BCUT2D eigenvalue weighted by Crippen LogP contribution is -2.21. The molecule has 1 rings (SSSR count). The highest BCUT2D eigenvalue weighted by Gasteiger charge is 2.06. The number of nitrogens with zero attached hydrogens (tertiary/aromatic N) is 1. The van der Waals surface area contributed by atoms with Crippen LogP contribution < -0.4 is 5.32 Å². The molecule has 92 valence electrons. The molecular formula is C13H24N2S. The minimum Gasteiger partial charge on any atom is -0.310 e. The molecule has 0 aliphatic carbocycles. The molecule has 0 saturated heterocycles. The maximum absolute atomic E-state index is 4.61. The van der Waals surface area contributed by atoms with E-state index in [2.05, 4.69) is 43.4 Å². The number of thiazole rings is 1. The molecular weight excluding hydrogens is 216 g/mol. The third kappa shape index (κ3) is 4.22. The molecule has 0 aromatic carbocycles. The number of hydrogen-bond acceptors (Lipinski definition) is 3. The van der Waals surface area contributed by atoms with Crippen LogP contribution >= 0.6 is 11.3 Å². The van der Waals surface area contributed by atoms with E-state index < -0.39 is 0 Å². The van der Waals surface area contributed by atoms with E-state index in [4.69, 9.17) is 0 Å². The SMILES string of the molecule is CCC(CC)CNCc1nc(C(C)C)cs1. The minimum atomic E-state index is 0.545. The summed E-state index contributed by atoms with van der Waals surface area (Å²) in [5.41, 5.74) is 1.23. The van der Waals surface area contributed by atoms with Crippen LogP contribution in [-0.4, -0.2) is 11.5 Å². The maximum atomic E-state index is 4.61. The first kappa shape index (κ1) is 13.7. The molecule has 0 amide bonds. The first-order valence-electron chi connectivity index (χ1n) is 6.32. The van der Waals surface area contributed by atoms with Crippen LogP contribution in [0.1, 0.15) is 57.2 Å². The molecule has 1 aromatic heterocycles. The molecule has 16 heavy (non-hydrogen) atoms. The molecule has 1 heterocycles. The molecule has 0 bridgehead atoms. The molecule has 1 aromatic rings. The number of nitrogens with one attached hydrogen (secondary N) is 1. The zero-order valence-electron chi connectivity index (χ0n) is 10.9. The van der Waals surface area contributed by atoms with E-state index in [0.29, 0.717) is 5.92 Å². The van der Waals surface area contributed by atoms with Gasteiger partial charge in [-0.2, -0.15) is 0 Å². The Morgan fingerprint density at radius 1 is 1.31 bits per heavy atom. The van der Waals surface area contributed by atoms with Gasteiger partial charge >= 0.3 is 0 Å². The summed E-state index contributed by atoms with van der Waals surface area (Å²) in [6, 6.07) is 0. The Labute approximate surface area is 103 Å². The molecule has 1 N–H and O–H groups in total. The van der Waals surface area contributed by atoms with Crippen LogP contribution in [0.5, 0.6) is 0 Å². The molecule has 0 unspecified atom stereocenters. The molecule has 2 nitrogen and oxygen atoms in total. The Hall–Kier alpha value is -0.410. The van der Waals surface area contributed by atoms with Gasteiger partial charge in [0.1, 0.15) is 5.01 Å². The molecule has 0 fully saturated rings. The molecule has 0 radical (unpaired) electrons. The summed E-state index contributed by atoms with van der Waals surface area (Å²) in [4.78, 5) is 4.61. The highest BCUT2D eigenvalue weighted by molar-refractivity contribution is 7.09. The highest BCUT2D eigenvalue weighted by Crippen LogP contribution is 2.17. The Morgan fingerprint density at radius 3 is 2.50 bits per heavy atom. The number of rotatable bonds is 7. The summed E-state index contributed by atoms with van der Waals surface area (Å²) < 4.78 is 0. The molecule has 0 aliphatic heterocycles. The Morgan fingerprint density at radius 2 is 2.00 bits per heavy atom. The van der Waals surface area contributed by atoms with E-state index in [9.17, 15) is 0 Å². The minimum absolute atomic E-state index is 0.545. The van der Waals surface area contributed by atoms with Gasteiger partial charge in [-0.3, -0.25) is 0 Å². The van der Waals surface area contributed by atoms with Crippen LogP contribution in [0.3, 0.4) is 0 Å². The van der Waals surface area contributed by atoms with E-state index in [1.807, 2.05) is 0 Å².